The van der Waals surface area contributed by atoms with Gasteiger partial charge in [0.2, 0.25) is 0 Å². The summed E-state index contributed by atoms with van der Waals surface area (Å²) in [5.41, 5.74) is 0. The molecule has 2 rings (SSSR count). The molecule has 1 heterocycles. The fourth-order valence-electron chi connectivity index (χ4n) is 2.02. The molecule has 0 aliphatic heterocycles. The maximum Gasteiger partial charge on any atom is 0.138 e. The van der Waals surface area contributed by atoms with Gasteiger partial charge < -0.3 is 5.32 Å². The first-order chi connectivity index (χ1) is 10.2. The van der Waals surface area contributed by atoms with Gasteiger partial charge in [0, 0.05) is 34.6 Å². The van der Waals surface area contributed by atoms with Crippen molar-refractivity contribution in [3.05, 3.63) is 40.9 Å². The van der Waals surface area contributed by atoms with Crippen molar-refractivity contribution in [2.24, 2.45) is 7.05 Å². The highest BCUT2D eigenvalue weighted by Crippen LogP contribution is 2.23. The van der Waals surface area contributed by atoms with Crippen molar-refractivity contribution in [2.75, 3.05) is 12.3 Å². The molecule has 0 saturated carbocycles. The summed E-state index contributed by atoms with van der Waals surface area (Å²) in [6.45, 7) is 3.22. The SMILES string of the molecule is CCCNC(CSc1cccc(Br)c1)Cc1ncnn1C. The molecular weight excluding hydrogens is 348 g/mol. The van der Waals surface area contributed by atoms with Crippen LogP contribution in [0.4, 0.5) is 0 Å². The Bertz CT molecular complexity index is 558. The number of thioether (sulfide) groups is 1. The number of nitrogens with zero attached hydrogens (tertiary/aromatic N) is 3. The predicted octanol–water partition coefficient (Wildman–Crippen LogP) is 3.28. The first kappa shape index (κ1) is 16.5. The second kappa shape index (κ2) is 8.56. The molecule has 4 nitrogen and oxygen atoms in total. The maximum absolute atomic E-state index is 4.33. The molecule has 0 spiro atoms. The summed E-state index contributed by atoms with van der Waals surface area (Å²) >= 11 is 5.39. The summed E-state index contributed by atoms with van der Waals surface area (Å²) in [5.74, 6) is 2.04. The number of halogens is 1. The van der Waals surface area contributed by atoms with E-state index in [1.807, 2.05) is 23.5 Å². The number of aryl methyl sites for hydroxylation is 1. The molecule has 0 bridgehead atoms. The van der Waals surface area contributed by atoms with Gasteiger partial charge in [0.05, 0.1) is 0 Å². The highest BCUT2D eigenvalue weighted by molar-refractivity contribution is 9.10. The molecule has 0 aliphatic carbocycles. The zero-order valence-corrected chi connectivity index (χ0v) is 14.8. The van der Waals surface area contributed by atoms with Crippen LogP contribution in [-0.4, -0.2) is 33.1 Å². The number of rotatable bonds is 8. The summed E-state index contributed by atoms with van der Waals surface area (Å²) < 4.78 is 2.98. The summed E-state index contributed by atoms with van der Waals surface area (Å²) in [5, 5.41) is 7.75. The second-order valence-electron chi connectivity index (χ2n) is 4.92. The van der Waals surface area contributed by atoms with E-state index in [1.165, 1.54) is 4.90 Å². The molecule has 1 aromatic carbocycles. The smallest absolute Gasteiger partial charge is 0.138 e. The lowest BCUT2D eigenvalue weighted by molar-refractivity contribution is 0.526. The maximum atomic E-state index is 4.33. The Balaban J connectivity index is 1.94. The normalized spacial score (nSPS) is 12.5. The fourth-order valence-corrected chi connectivity index (χ4v) is 3.58. The molecule has 21 heavy (non-hydrogen) atoms. The van der Waals surface area contributed by atoms with E-state index in [4.69, 9.17) is 0 Å². The van der Waals surface area contributed by atoms with E-state index in [0.29, 0.717) is 6.04 Å². The molecule has 0 saturated heterocycles. The van der Waals surface area contributed by atoms with Crippen molar-refractivity contribution >= 4 is 27.7 Å². The van der Waals surface area contributed by atoms with Crippen molar-refractivity contribution in [1.82, 2.24) is 20.1 Å². The van der Waals surface area contributed by atoms with Crippen molar-refractivity contribution < 1.29 is 0 Å². The van der Waals surface area contributed by atoms with Crippen molar-refractivity contribution in [2.45, 2.75) is 30.7 Å². The number of benzene rings is 1. The van der Waals surface area contributed by atoms with Crippen LogP contribution in [0.15, 0.2) is 40.0 Å². The average molecular weight is 369 g/mol. The average Bonchev–Trinajstić information content (AvgIpc) is 2.87. The lowest BCUT2D eigenvalue weighted by atomic mass is 10.2. The van der Waals surface area contributed by atoms with E-state index in [9.17, 15) is 0 Å². The van der Waals surface area contributed by atoms with Gasteiger partial charge in [0.25, 0.3) is 0 Å². The molecule has 1 N–H and O–H groups in total. The quantitative estimate of drug-likeness (QED) is 0.726. The van der Waals surface area contributed by atoms with E-state index in [1.54, 1.807) is 6.33 Å². The molecule has 114 valence electrons. The van der Waals surface area contributed by atoms with Crippen LogP contribution in [0.25, 0.3) is 0 Å². The first-order valence-electron chi connectivity index (χ1n) is 7.13. The van der Waals surface area contributed by atoms with Gasteiger partial charge in [-0.05, 0) is 31.2 Å². The van der Waals surface area contributed by atoms with Crippen LogP contribution in [0.3, 0.4) is 0 Å². The summed E-state index contributed by atoms with van der Waals surface area (Å²) in [7, 11) is 1.95. The number of hydrogen-bond acceptors (Lipinski definition) is 4. The topological polar surface area (TPSA) is 42.7 Å². The van der Waals surface area contributed by atoms with Gasteiger partial charge in [-0.15, -0.1) is 11.8 Å². The van der Waals surface area contributed by atoms with Gasteiger partial charge in [-0.2, -0.15) is 5.10 Å². The molecule has 0 radical (unpaired) electrons. The molecular formula is C15H21BrN4S. The number of hydrogen-bond donors (Lipinski definition) is 1. The van der Waals surface area contributed by atoms with Crippen LogP contribution in [0.1, 0.15) is 19.2 Å². The molecule has 0 aliphatic rings. The van der Waals surface area contributed by atoms with E-state index in [0.717, 1.165) is 35.4 Å². The van der Waals surface area contributed by atoms with Gasteiger partial charge in [-0.3, -0.25) is 4.68 Å². The minimum absolute atomic E-state index is 0.400. The minimum atomic E-state index is 0.400. The van der Waals surface area contributed by atoms with Gasteiger partial charge in [-0.1, -0.05) is 28.9 Å². The Morgan fingerprint density at radius 2 is 2.29 bits per heavy atom. The molecule has 1 unspecified atom stereocenters. The Kier molecular flexibility index (Phi) is 6.73. The van der Waals surface area contributed by atoms with Crippen molar-refractivity contribution in [3.8, 4) is 0 Å². The molecule has 6 heteroatoms. The zero-order chi connectivity index (χ0) is 15.1. The highest BCUT2D eigenvalue weighted by atomic mass is 79.9. The molecule has 0 fully saturated rings. The Hall–Kier alpha value is -0.850. The highest BCUT2D eigenvalue weighted by Gasteiger charge is 2.13. The lowest BCUT2D eigenvalue weighted by Crippen LogP contribution is -2.34. The predicted molar refractivity (Wildman–Crippen MR) is 91.7 cm³/mol. The lowest BCUT2D eigenvalue weighted by Gasteiger charge is -2.17. The van der Waals surface area contributed by atoms with Crippen molar-refractivity contribution in [3.63, 3.8) is 0 Å². The minimum Gasteiger partial charge on any atom is -0.313 e. The largest absolute Gasteiger partial charge is 0.313 e. The van der Waals surface area contributed by atoms with E-state index < -0.39 is 0 Å². The third kappa shape index (κ3) is 5.45. The summed E-state index contributed by atoms with van der Waals surface area (Å²) in [4.78, 5) is 5.61. The summed E-state index contributed by atoms with van der Waals surface area (Å²) in [6, 6.07) is 8.83. The van der Waals surface area contributed by atoms with Crippen LogP contribution in [0.5, 0.6) is 0 Å². The van der Waals surface area contributed by atoms with Crippen LogP contribution in [-0.2, 0) is 13.5 Å². The Labute approximate surface area is 138 Å². The van der Waals surface area contributed by atoms with Gasteiger partial charge in [0.15, 0.2) is 0 Å². The third-order valence-electron chi connectivity index (χ3n) is 3.16. The van der Waals surface area contributed by atoms with Crippen LogP contribution >= 0.6 is 27.7 Å². The monoisotopic (exact) mass is 368 g/mol. The third-order valence-corrected chi connectivity index (χ3v) is 4.81. The van der Waals surface area contributed by atoms with Crippen molar-refractivity contribution in [1.29, 1.82) is 0 Å². The Morgan fingerprint density at radius 1 is 1.43 bits per heavy atom. The van der Waals surface area contributed by atoms with Crippen LogP contribution < -0.4 is 5.32 Å². The van der Waals surface area contributed by atoms with E-state index in [-0.39, 0.29) is 0 Å². The van der Waals surface area contributed by atoms with Crippen LogP contribution in [0, 0.1) is 0 Å². The number of aromatic nitrogens is 3. The summed E-state index contributed by atoms with van der Waals surface area (Å²) in [6.07, 6.45) is 3.65. The second-order valence-corrected chi connectivity index (χ2v) is 6.93. The fraction of sp³-hybridized carbons (Fsp3) is 0.467. The van der Waals surface area contributed by atoms with Gasteiger partial charge in [-0.25, -0.2) is 4.98 Å². The molecule has 2 aromatic rings. The standard InChI is InChI=1S/C15H21BrN4S/c1-3-7-17-13(9-15-18-11-19-20(15)2)10-21-14-6-4-5-12(16)8-14/h4-6,8,11,13,17H,3,7,9-10H2,1-2H3. The van der Waals surface area contributed by atoms with E-state index >= 15 is 0 Å². The first-order valence-corrected chi connectivity index (χ1v) is 8.91. The van der Waals surface area contributed by atoms with E-state index in [2.05, 4.69) is 62.5 Å². The van der Waals surface area contributed by atoms with Gasteiger partial charge in [0.1, 0.15) is 12.2 Å². The Morgan fingerprint density at radius 3 is 2.95 bits per heavy atom. The molecule has 1 atom stereocenters. The molecule has 0 amide bonds. The van der Waals surface area contributed by atoms with Crippen LogP contribution in [0.2, 0.25) is 0 Å². The zero-order valence-electron chi connectivity index (χ0n) is 12.4. The van der Waals surface area contributed by atoms with Gasteiger partial charge >= 0.3 is 0 Å². The number of nitrogens with one attached hydrogen (secondary N) is 1. The molecule has 1 aromatic heterocycles.